The molecular weight excluding hydrogens is 178 g/mol. The first-order valence-corrected chi connectivity index (χ1v) is 5.31. The number of nitrogens with zero attached hydrogens (tertiary/aromatic N) is 3. The molecule has 0 aromatic carbocycles. The lowest BCUT2D eigenvalue weighted by Gasteiger charge is -2.09. The third-order valence-corrected chi connectivity index (χ3v) is 2.48. The Morgan fingerprint density at radius 2 is 2.14 bits per heavy atom. The summed E-state index contributed by atoms with van der Waals surface area (Å²) in [6, 6.07) is 0. The van der Waals surface area contributed by atoms with Crippen molar-refractivity contribution in [1.29, 1.82) is 0 Å². The lowest BCUT2D eigenvalue weighted by atomic mass is 10.0. The fourth-order valence-electron chi connectivity index (χ4n) is 1.82. The van der Waals surface area contributed by atoms with E-state index in [-0.39, 0.29) is 12.0 Å². The Kier molecular flexibility index (Phi) is 4.07. The second-order valence-corrected chi connectivity index (χ2v) is 3.42. The molecular formula is C10H19N3O. The van der Waals surface area contributed by atoms with Gasteiger partial charge in [0.05, 0.1) is 11.8 Å². The van der Waals surface area contributed by atoms with Crippen LogP contribution < -0.4 is 0 Å². The highest BCUT2D eigenvalue weighted by Crippen LogP contribution is 2.32. The summed E-state index contributed by atoms with van der Waals surface area (Å²) in [5, 5.41) is 17.4. The minimum atomic E-state index is -0.207. The van der Waals surface area contributed by atoms with Crippen LogP contribution in [-0.4, -0.2) is 26.2 Å². The highest BCUT2D eigenvalue weighted by Gasteiger charge is 2.28. The van der Waals surface area contributed by atoms with Gasteiger partial charge < -0.3 is 5.11 Å². The molecule has 4 nitrogen and oxygen atoms in total. The van der Waals surface area contributed by atoms with Gasteiger partial charge in [-0.3, -0.25) is 4.68 Å². The van der Waals surface area contributed by atoms with Gasteiger partial charge in [-0.15, -0.1) is 5.10 Å². The first-order valence-electron chi connectivity index (χ1n) is 5.31. The predicted octanol–water partition coefficient (Wildman–Crippen LogP) is 1.47. The molecule has 2 unspecified atom stereocenters. The molecule has 1 aliphatic rings. The first-order chi connectivity index (χ1) is 6.77. The number of aromatic nitrogens is 3. The van der Waals surface area contributed by atoms with Crippen molar-refractivity contribution in [1.82, 2.24) is 15.0 Å². The summed E-state index contributed by atoms with van der Waals surface area (Å²) in [5.74, 6) is 0.221. The molecule has 1 saturated carbocycles. The van der Waals surface area contributed by atoms with Crippen LogP contribution in [0.5, 0.6) is 0 Å². The average molecular weight is 197 g/mol. The zero-order valence-electron chi connectivity index (χ0n) is 9.14. The van der Waals surface area contributed by atoms with Crippen LogP contribution in [0.15, 0.2) is 6.20 Å². The van der Waals surface area contributed by atoms with Crippen LogP contribution in [0.1, 0.15) is 44.7 Å². The molecule has 1 aromatic rings. The molecule has 0 bridgehead atoms. The van der Waals surface area contributed by atoms with Crippen LogP contribution in [-0.2, 0) is 7.05 Å². The van der Waals surface area contributed by atoms with Crippen LogP contribution in [0, 0.1) is 0 Å². The third-order valence-electron chi connectivity index (χ3n) is 2.48. The zero-order valence-corrected chi connectivity index (χ0v) is 9.14. The van der Waals surface area contributed by atoms with Gasteiger partial charge in [-0.05, 0) is 12.8 Å². The van der Waals surface area contributed by atoms with Crippen LogP contribution in [0.4, 0.5) is 0 Å². The van der Waals surface area contributed by atoms with E-state index in [1.54, 1.807) is 4.68 Å². The molecule has 1 aliphatic carbocycles. The van der Waals surface area contributed by atoms with E-state index >= 15 is 0 Å². The molecule has 2 atom stereocenters. The third kappa shape index (κ3) is 2.32. The van der Waals surface area contributed by atoms with Crippen molar-refractivity contribution >= 4 is 0 Å². The maximum absolute atomic E-state index is 9.57. The number of aliphatic hydroxyl groups is 1. The molecule has 0 saturated heterocycles. The van der Waals surface area contributed by atoms with Crippen LogP contribution >= 0.6 is 0 Å². The number of hydrogen-bond acceptors (Lipinski definition) is 3. The van der Waals surface area contributed by atoms with E-state index in [4.69, 9.17) is 0 Å². The maximum atomic E-state index is 9.57. The number of aryl methyl sites for hydroxylation is 1. The van der Waals surface area contributed by atoms with E-state index in [0.29, 0.717) is 0 Å². The van der Waals surface area contributed by atoms with E-state index in [1.165, 1.54) is 0 Å². The first kappa shape index (κ1) is 11.2. The van der Waals surface area contributed by atoms with E-state index in [0.717, 1.165) is 25.0 Å². The summed E-state index contributed by atoms with van der Waals surface area (Å²) < 4.78 is 1.68. The molecule has 0 spiro atoms. The Morgan fingerprint density at radius 1 is 1.43 bits per heavy atom. The van der Waals surface area contributed by atoms with Gasteiger partial charge in [0.1, 0.15) is 0 Å². The summed E-state index contributed by atoms with van der Waals surface area (Å²) >= 11 is 0. The molecule has 2 rings (SSSR count). The van der Waals surface area contributed by atoms with Crippen molar-refractivity contribution in [3.63, 3.8) is 0 Å². The van der Waals surface area contributed by atoms with Crippen LogP contribution in [0.25, 0.3) is 0 Å². The van der Waals surface area contributed by atoms with Gasteiger partial charge in [0.2, 0.25) is 0 Å². The van der Waals surface area contributed by atoms with Crippen LogP contribution in [0.2, 0.25) is 0 Å². The molecule has 4 heteroatoms. The van der Waals surface area contributed by atoms with Crippen molar-refractivity contribution in [3.05, 3.63) is 11.9 Å². The normalized spacial score (nSPS) is 25.7. The Bertz CT molecular complexity index is 272. The van der Waals surface area contributed by atoms with Gasteiger partial charge >= 0.3 is 0 Å². The smallest absolute Gasteiger partial charge is 0.0883 e. The summed E-state index contributed by atoms with van der Waals surface area (Å²) in [5.41, 5.74) is 0.933. The minimum Gasteiger partial charge on any atom is -0.392 e. The van der Waals surface area contributed by atoms with E-state index in [9.17, 15) is 5.11 Å². The predicted molar refractivity (Wildman–Crippen MR) is 54.9 cm³/mol. The van der Waals surface area contributed by atoms with Gasteiger partial charge in [-0.2, -0.15) is 0 Å². The molecule has 0 radical (unpaired) electrons. The fraction of sp³-hybridized carbons (Fsp3) is 0.800. The number of aliphatic hydroxyl groups excluding tert-OH is 1. The topological polar surface area (TPSA) is 50.9 Å². The zero-order chi connectivity index (χ0) is 10.6. The number of rotatable bonds is 1. The highest BCUT2D eigenvalue weighted by molar-refractivity contribution is 5.06. The quantitative estimate of drug-likeness (QED) is 0.741. The molecule has 1 fully saturated rings. The Labute approximate surface area is 84.9 Å². The molecule has 1 heterocycles. The second-order valence-electron chi connectivity index (χ2n) is 3.42. The van der Waals surface area contributed by atoms with Crippen molar-refractivity contribution < 1.29 is 5.11 Å². The van der Waals surface area contributed by atoms with Gasteiger partial charge in [0.15, 0.2) is 0 Å². The van der Waals surface area contributed by atoms with Gasteiger partial charge in [0.25, 0.3) is 0 Å². The average Bonchev–Trinajstić information content (AvgIpc) is 2.78. The van der Waals surface area contributed by atoms with E-state index in [1.807, 2.05) is 27.1 Å². The maximum Gasteiger partial charge on any atom is 0.0883 e. The van der Waals surface area contributed by atoms with Gasteiger partial charge in [-0.1, -0.05) is 25.5 Å². The van der Waals surface area contributed by atoms with Crippen molar-refractivity contribution in [3.8, 4) is 0 Å². The Morgan fingerprint density at radius 3 is 2.57 bits per heavy atom. The molecule has 0 aliphatic heterocycles. The summed E-state index contributed by atoms with van der Waals surface area (Å²) in [6.07, 6.45) is 4.73. The standard InChI is InChI=1S/C8H13N3O.C2H6/c1-11-5-7(9-10-11)6-3-2-4-8(6)12;1-2/h5-6,8,12H,2-4H2,1H3;1-2H3. The molecule has 1 aromatic heterocycles. The van der Waals surface area contributed by atoms with Gasteiger partial charge in [-0.25, -0.2) is 0 Å². The number of hydrogen-bond donors (Lipinski definition) is 1. The van der Waals surface area contributed by atoms with Crippen molar-refractivity contribution in [2.24, 2.45) is 7.05 Å². The Balaban J connectivity index is 0.000000461. The van der Waals surface area contributed by atoms with Crippen molar-refractivity contribution in [2.75, 3.05) is 0 Å². The summed E-state index contributed by atoms with van der Waals surface area (Å²) in [6.45, 7) is 4.00. The second kappa shape index (κ2) is 5.10. The fourth-order valence-corrected chi connectivity index (χ4v) is 1.82. The Hall–Kier alpha value is -0.900. The molecule has 80 valence electrons. The minimum absolute atomic E-state index is 0.207. The van der Waals surface area contributed by atoms with Gasteiger partial charge in [0, 0.05) is 19.2 Å². The lowest BCUT2D eigenvalue weighted by Crippen LogP contribution is -2.11. The largest absolute Gasteiger partial charge is 0.392 e. The molecule has 0 amide bonds. The monoisotopic (exact) mass is 197 g/mol. The van der Waals surface area contributed by atoms with Crippen molar-refractivity contribution in [2.45, 2.75) is 45.1 Å². The summed E-state index contributed by atoms with van der Waals surface area (Å²) in [4.78, 5) is 0. The van der Waals surface area contributed by atoms with Crippen LogP contribution in [0.3, 0.4) is 0 Å². The summed E-state index contributed by atoms with van der Waals surface area (Å²) in [7, 11) is 1.85. The van der Waals surface area contributed by atoms with E-state index < -0.39 is 0 Å². The highest BCUT2D eigenvalue weighted by atomic mass is 16.3. The lowest BCUT2D eigenvalue weighted by molar-refractivity contribution is 0.162. The molecule has 1 N–H and O–H groups in total. The van der Waals surface area contributed by atoms with E-state index in [2.05, 4.69) is 10.3 Å². The SMILES string of the molecule is CC.Cn1cc(C2CCCC2O)nn1. The molecule has 14 heavy (non-hydrogen) atoms.